The van der Waals surface area contributed by atoms with E-state index in [0.29, 0.717) is 0 Å². The van der Waals surface area contributed by atoms with Gasteiger partial charge in [-0.05, 0) is 82.9 Å². The van der Waals surface area contributed by atoms with E-state index < -0.39 is 7.14 Å². The molecule has 2 heterocycles. The maximum Gasteiger partial charge on any atom is 0.175 e. The highest BCUT2D eigenvalue weighted by molar-refractivity contribution is 7.86. The second-order valence-electron chi connectivity index (χ2n) is 13.3. The van der Waals surface area contributed by atoms with E-state index in [1.807, 2.05) is 54.6 Å². The third-order valence-corrected chi connectivity index (χ3v) is 13.4. The SMILES string of the molecule is CC1(C)c2ccccc2N(c2ccc(-c3ccc4c(c3)P(=O)(c3ccccc3)c3ccccc3N4c3ccccc3)cc2)c2ccccc21. The summed E-state index contributed by atoms with van der Waals surface area (Å²) in [6.07, 6.45) is 0. The number of anilines is 6. The van der Waals surface area contributed by atoms with Crippen LogP contribution < -0.4 is 25.7 Å². The number of nitrogens with zero attached hydrogens (tertiary/aromatic N) is 2. The molecule has 0 radical (unpaired) electrons. The van der Waals surface area contributed by atoms with Gasteiger partial charge in [-0.3, -0.25) is 0 Å². The van der Waals surface area contributed by atoms with Gasteiger partial charge in [-0.2, -0.15) is 0 Å². The summed E-state index contributed by atoms with van der Waals surface area (Å²) >= 11 is 0. The molecule has 236 valence electrons. The molecule has 7 aromatic rings. The molecule has 0 fully saturated rings. The van der Waals surface area contributed by atoms with Crippen LogP contribution >= 0.6 is 7.14 Å². The molecule has 0 amide bonds. The molecule has 1 unspecified atom stereocenters. The van der Waals surface area contributed by atoms with Gasteiger partial charge in [-0.15, -0.1) is 0 Å². The first-order chi connectivity index (χ1) is 24.0. The van der Waals surface area contributed by atoms with Crippen molar-refractivity contribution in [2.75, 3.05) is 9.80 Å². The number of benzene rings is 7. The Morgan fingerprint density at radius 3 is 1.55 bits per heavy atom. The topological polar surface area (TPSA) is 23.6 Å². The van der Waals surface area contributed by atoms with Crippen LogP contribution in [-0.4, -0.2) is 0 Å². The molecule has 0 N–H and O–H groups in total. The van der Waals surface area contributed by atoms with Crippen LogP contribution in [0.5, 0.6) is 0 Å². The van der Waals surface area contributed by atoms with Crippen LogP contribution in [0, 0.1) is 0 Å². The Morgan fingerprint density at radius 1 is 0.429 bits per heavy atom. The summed E-state index contributed by atoms with van der Waals surface area (Å²) in [5.41, 5.74) is 11.1. The minimum atomic E-state index is -3.22. The molecule has 3 nitrogen and oxygen atoms in total. The molecule has 2 aliphatic rings. The van der Waals surface area contributed by atoms with Crippen LogP contribution in [-0.2, 0) is 9.98 Å². The van der Waals surface area contributed by atoms with Crippen LogP contribution in [0.4, 0.5) is 34.1 Å². The number of para-hydroxylation sites is 4. The summed E-state index contributed by atoms with van der Waals surface area (Å²) in [6.45, 7) is 4.62. The maximum absolute atomic E-state index is 15.8. The van der Waals surface area contributed by atoms with E-state index in [2.05, 4.69) is 145 Å². The largest absolute Gasteiger partial charge is 0.310 e. The Balaban J connectivity index is 1.19. The fourth-order valence-electron chi connectivity index (χ4n) is 7.84. The Hall–Kier alpha value is -5.63. The molecule has 0 saturated carbocycles. The summed E-state index contributed by atoms with van der Waals surface area (Å²) in [5, 5.41) is 2.55. The maximum atomic E-state index is 15.8. The van der Waals surface area contributed by atoms with Gasteiger partial charge in [0.05, 0.1) is 22.7 Å². The highest BCUT2D eigenvalue weighted by Crippen LogP contribution is 2.55. The van der Waals surface area contributed by atoms with Crippen molar-refractivity contribution in [3.63, 3.8) is 0 Å². The Labute approximate surface area is 288 Å². The zero-order chi connectivity index (χ0) is 33.2. The second kappa shape index (κ2) is 11.2. The highest BCUT2D eigenvalue weighted by atomic mass is 31.2. The molecule has 0 aromatic heterocycles. The lowest BCUT2D eigenvalue weighted by molar-refractivity contribution is 0.592. The summed E-state index contributed by atoms with van der Waals surface area (Å²) in [7, 11) is -3.22. The van der Waals surface area contributed by atoms with Crippen molar-refractivity contribution < 1.29 is 4.57 Å². The molecule has 2 aliphatic heterocycles. The number of hydrogen-bond acceptors (Lipinski definition) is 3. The van der Waals surface area contributed by atoms with Gasteiger partial charge in [-0.25, -0.2) is 0 Å². The monoisotopic (exact) mass is 650 g/mol. The Kier molecular flexibility index (Phi) is 6.76. The normalized spacial score (nSPS) is 17.0. The van der Waals surface area contributed by atoms with Crippen molar-refractivity contribution >= 4 is 57.2 Å². The minimum Gasteiger partial charge on any atom is -0.310 e. The van der Waals surface area contributed by atoms with Gasteiger partial charge in [0.25, 0.3) is 0 Å². The molecule has 0 bridgehead atoms. The highest BCUT2D eigenvalue weighted by Gasteiger charge is 2.41. The zero-order valence-electron chi connectivity index (χ0n) is 27.5. The number of hydrogen-bond donors (Lipinski definition) is 0. The lowest BCUT2D eigenvalue weighted by atomic mass is 9.73. The van der Waals surface area contributed by atoms with Gasteiger partial charge in [0.15, 0.2) is 7.14 Å². The average Bonchev–Trinajstić information content (AvgIpc) is 3.16. The first kappa shape index (κ1) is 29.5. The molecule has 1 atom stereocenters. The molecule has 4 heteroatoms. The van der Waals surface area contributed by atoms with E-state index >= 15 is 4.57 Å². The molecular formula is C45H35N2OP. The Bertz CT molecular complexity index is 2350. The quantitative estimate of drug-likeness (QED) is 0.177. The van der Waals surface area contributed by atoms with Crippen molar-refractivity contribution in [2.24, 2.45) is 0 Å². The van der Waals surface area contributed by atoms with E-state index in [0.717, 1.165) is 49.8 Å². The van der Waals surface area contributed by atoms with E-state index in [4.69, 9.17) is 0 Å². The lowest BCUT2D eigenvalue weighted by Crippen LogP contribution is -2.36. The molecule has 49 heavy (non-hydrogen) atoms. The van der Waals surface area contributed by atoms with Crippen LogP contribution in [0.3, 0.4) is 0 Å². The third-order valence-electron chi connectivity index (χ3n) is 10.2. The molecule has 7 aromatic carbocycles. The van der Waals surface area contributed by atoms with Crippen LogP contribution in [0.2, 0.25) is 0 Å². The predicted octanol–water partition coefficient (Wildman–Crippen LogP) is 10.9. The van der Waals surface area contributed by atoms with E-state index in [1.54, 1.807) is 0 Å². The van der Waals surface area contributed by atoms with Gasteiger partial charge >= 0.3 is 0 Å². The molecule has 0 saturated heterocycles. The first-order valence-electron chi connectivity index (χ1n) is 16.8. The van der Waals surface area contributed by atoms with Crippen molar-refractivity contribution in [2.45, 2.75) is 19.3 Å². The van der Waals surface area contributed by atoms with E-state index in [1.165, 1.54) is 22.5 Å². The van der Waals surface area contributed by atoms with Gasteiger partial charge in [0, 0.05) is 32.7 Å². The average molecular weight is 651 g/mol. The smallest absolute Gasteiger partial charge is 0.175 e. The van der Waals surface area contributed by atoms with Gasteiger partial charge in [0.2, 0.25) is 0 Å². The lowest BCUT2D eigenvalue weighted by Gasteiger charge is -2.42. The predicted molar refractivity (Wildman–Crippen MR) is 206 cm³/mol. The Morgan fingerprint density at radius 2 is 0.898 bits per heavy atom. The number of fused-ring (bicyclic) bond motifs is 4. The van der Waals surface area contributed by atoms with Crippen molar-refractivity contribution in [3.8, 4) is 11.1 Å². The summed E-state index contributed by atoms with van der Waals surface area (Å²) in [4.78, 5) is 4.63. The van der Waals surface area contributed by atoms with E-state index in [-0.39, 0.29) is 5.41 Å². The molecule has 9 rings (SSSR count). The summed E-state index contributed by atoms with van der Waals surface area (Å²) in [6, 6.07) is 61.3. The third kappa shape index (κ3) is 4.46. The fourth-order valence-corrected chi connectivity index (χ4v) is 10.9. The van der Waals surface area contributed by atoms with Gasteiger partial charge in [-0.1, -0.05) is 129 Å². The summed E-state index contributed by atoms with van der Waals surface area (Å²) < 4.78 is 15.8. The molecule has 0 aliphatic carbocycles. The van der Waals surface area contributed by atoms with Crippen LogP contribution in [0.25, 0.3) is 11.1 Å². The standard InChI is InChI=1S/C45H35N2OP/c1-45(2)37-19-9-11-21-39(37)46(40-22-12-10-20-38(40)45)35-28-25-32(26-29-35)33-27-30-42-44(31-33)49(48,36-17-7-4-8-18-36)43-24-14-13-23-41(43)47(42)34-15-5-3-6-16-34/h3-31H,1-2H3. The second-order valence-corrected chi connectivity index (χ2v) is 16.0. The van der Waals surface area contributed by atoms with Crippen molar-refractivity contribution in [1.82, 2.24) is 0 Å². The fraction of sp³-hybridized carbons (Fsp3) is 0.0667. The van der Waals surface area contributed by atoms with E-state index in [9.17, 15) is 0 Å². The molecular weight excluding hydrogens is 615 g/mol. The van der Waals surface area contributed by atoms with Crippen molar-refractivity contribution in [3.05, 3.63) is 187 Å². The van der Waals surface area contributed by atoms with Gasteiger partial charge < -0.3 is 14.4 Å². The minimum absolute atomic E-state index is 0.105. The first-order valence-corrected chi connectivity index (χ1v) is 18.5. The van der Waals surface area contributed by atoms with Crippen LogP contribution in [0.15, 0.2) is 176 Å². The molecule has 0 spiro atoms. The van der Waals surface area contributed by atoms with Gasteiger partial charge in [0.1, 0.15) is 0 Å². The number of rotatable bonds is 4. The summed E-state index contributed by atoms with van der Waals surface area (Å²) in [5.74, 6) is 0. The van der Waals surface area contributed by atoms with Crippen molar-refractivity contribution in [1.29, 1.82) is 0 Å². The zero-order valence-corrected chi connectivity index (χ0v) is 28.4. The van der Waals surface area contributed by atoms with Crippen LogP contribution in [0.1, 0.15) is 25.0 Å².